The van der Waals surface area contributed by atoms with Gasteiger partial charge >= 0.3 is 11.7 Å². The van der Waals surface area contributed by atoms with Gasteiger partial charge in [-0.1, -0.05) is 13.0 Å². The van der Waals surface area contributed by atoms with Crippen LogP contribution in [0.2, 0.25) is 0 Å². The summed E-state index contributed by atoms with van der Waals surface area (Å²) < 4.78 is 4.67. The Balaban J connectivity index is 2.00. The van der Waals surface area contributed by atoms with Crippen molar-refractivity contribution in [2.24, 2.45) is 7.05 Å². The number of carbonyl (C=O) groups is 1. The largest absolute Gasteiger partial charge is 0.481 e. The van der Waals surface area contributed by atoms with Gasteiger partial charge < -0.3 is 9.67 Å². The smallest absolute Gasteiger partial charge is 0.332 e. The molecule has 0 aliphatic heterocycles. The number of aryl methyl sites for hydroxylation is 3. The van der Waals surface area contributed by atoms with Gasteiger partial charge in [0.25, 0.3) is 5.56 Å². The fourth-order valence-corrected chi connectivity index (χ4v) is 4.63. The van der Waals surface area contributed by atoms with Crippen molar-refractivity contribution in [2.75, 3.05) is 0 Å². The van der Waals surface area contributed by atoms with E-state index in [2.05, 4.69) is 17.1 Å². The number of hydrogen-bond acceptors (Lipinski definition) is 4. The van der Waals surface area contributed by atoms with Crippen LogP contribution in [0.15, 0.2) is 46.4 Å². The summed E-state index contributed by atoms with van der Waals surface area (Å²) in [4.78, 5) is 42.2. The zero-order valence-electron chi connectivity index (χ0n) is 18.6. The Morgan fingerprint density at radius 1 is 1.19 bits per heavy atom. The van der Waals surface area contributed by atoms with Crippen LogP contribution >= 0.6 is 0 Å². The Bertz CT molecular complexity index is 1480. The molecule has 32 heavy (non-hydrogen) atoms. The van der Waals surface area contributed by atoms with Crippen molar-refractivity contribution in [2.45, 2.75) is 46.2 Å². The summed E-state index contributed by atoms with van der Waals surface area (Å²) in [6.45, 7) is 6.12. The molecule has 0 aliphatic carbocycles. The number of carboxylic acid groups (broad SMARTS) is 1. The van der Waals surface area contributed by atoms with Crippen LogP contribution in [0.25, 0.3) is 21.8 Å². The second kappa shape index (κ2) is 8.11. The molecule has 8 heteroatoms. The monoisotopic (exact) mass is 434 g/mol. The fraction of sp³-hybridized carbons (Fsp3) is 0.333. The van der Waals surface area contributed by atoms with Gasteiger partial charge in [-0.25, -0.2) is 4.79 Å². The first kappa shape index (κ1) is 21.5. The average Bonchev–Trinajstić information content (AvgIpc) is 3.05. The third-order valence-corrected chi connectivity index (χ3v) is 6.06. The van der Waals surface area contributed by atoms with Gasteiger partial charge in [0.1, 0.15) is 0 Å². The molecule has 1 aromatic carbocycles. The minimum Gasteiger partial charge on any atom is -0.481 e. The second-order valence-electron chi connectivity index (χ2n) is 8.34. The maximum Gasteiger partial charge on any atom is 0.332 e. The summed E-state index contributed by atoms with van der Waals surface area (Å²) in [5.74, 6) is -1.05. The maximum atomic E-state index is 13.6. The van der Waals surface area contributed by atoms with E-state index in [0.717, 1.165) is 32.2 Å². The topological polar surface area (TPSA) is 99.1 Å². The summed E-state index contributed by atoms with van der Waals surface area (Å²) >= 11 is 0. The van der Waals surface area contributed by atoms with Gasteiger partial charge in [-0.15, -0.1) is 0 Å². The summed E-state index contributed by atoms with van der Waals surface area (Å²) in [5, 5.41) is 10.7. The van der Waals surface area contributed by atoms with E-state index in [9.17, 15) is 19.5 Å². The van der Waals surface area contributed by atoms with Crippen molar-refractivity contribution in [3.63, 3.8) is 0 Å². The molecule has 0 saturated carbocycles. The zero-order chi connectivity index (χ0) is 23.2. The van der Waals surface area contributed by atoms with E-state index in [4.69, 9.17) is 0 Å². The molecule has 4 aromatic rings. The molecule has 0 saturated heterocycles. The minimum atomic E-state index is -1.05. The number of hydrogen-bond donors (Lipinski definition) is 1. The molecule has 3 heterocycles. The molecule has 0 unspecified atom stereocenters. The first-order valence-electron chi connectivity index (χ1n) is 10.6. The normalized spacial score (nSPS) is 12.5. The van der Waals surface area contributed by atoms with Gasteiger partial charge in [-0.2, -0.15) is 0 Å². The highest BCUT2D eigenvalue weighted by Gasteiger charge is 2.22. The van der Waals surface area contributed by atoms with Crippen LogP contribution in [0.3, 0.4) is 0 Å². The highest BCUT2D eigenvalue weighted by molar-refractivity contribution is 5.88. The molecule has 0 amide bonds. The lowest BCUT2D eigenvalue weighted by atomic mass is 10.0. The van der Waals surface area contributed by atoms with Gasteiger partial charge in [0.15, 0.2) is 0 Å². The van der Waals surface area contributed by atoms with Crippen molar-refractivity contribution in [3.05, 3.63) is 74.3 Å². The Labute approximate surface area is 184 Å². The van der Waals surface area contributed by atoms with Crippen LogP contribution < -0.4 is 11.2 Å². The molecular weight excluding hydrogens is 408 g/mol. The zero-order valence-corrected chi connectivity index (χ0v) is 18.6. The van der Waals surface area contributed by atoms with Crippen LogP contribution in [0, 0.1) is 13.8 Å². The van der Waals surface area contributed by atoms with Gasteiger partial charge in [0, 0.05) is 36.5 Å². The summed E-state index contributed by atoms with van der Waals surface area (Å²) in [6, 6.07) is 5.14. The van der Waals surface area contributed by atoms with Crippen LogP contribution in [0.5, 0.6) is 0 Å². The molecule has 1 atom stereocenters. The maximum absolute atomic E-state index is 13.6. The lowest BCUT2D eigenvalue weighted by Crippen LogP contribution is -2.43. The molecule has 0 spiro atoms. The molecule has 0 bridgehead atoms. The van der Waals surface area contributed by atoms with E-state index in [1.807, 2.05) is 31.7 Å². The predicted octanol–water partition coefficient (Wildman–Crippen LogP) is 3.14. The number of carboxylic acids is 1. The van der Waals surface area contributed by atoms with E-state index in [1.54, 1.807) is 23.8 Å². The molecule has 3 aromatic heterocycles. The standard InChI is InChI=1S/C24H26N4O4/c1-5-17(10-21(29)30)28-23(31)18-11-25-7-6-19(18)27(24(28)32)13-16-12-26(4)20-9-14(2)8-15(3)22(16)20/h6-9,11-12,17H,5,10,13H2,1-4H3,(H,29,30)/t17-/m1/s1. The number of rotatable bonds is 6. The lowest BCUT2D eigenvalue weighted by molar-refractivity contribution is -0.138. The second-order valence-corrected chi connectivity index (χ2v) is 8.34. The Kier molecular flexibility index (Phi) is 5.46. The van der Waals surface area contributed by atoms with E-state index >= 15 is 0 Å². The van der Waals surface area contributed by atoms with Crippen LogP contribution in [-0.4, -0.2) is 29.8 Å². The first-order chi connectivity index (χ1) is 15.2. The fourth-order valence-electron chi connectivity index (χ4n) is 4.63. The molecule has 0 radical (unpaired) electrons. The number of fused-ring (bicyclic) bond motifs is 2. The van der Waals surface area contributed by atoms with Crippen LogP contribution in [0.4, 0.5) is 0 Å². The molecule has 1 N–H and O–H groups in total. The molecule has 4 rings (SSSR count). The van der Waals surface area contributed by atoms with Crippen molar-refractivity contribution in [3.8, 4) is 0 Å². The minimum absolute atomic E-state index is 0.254. The van der Waals surface area contributed by atoms with Gasteiger partial charge in [0.05, 0.1) is 29.9 Å². The average molecular weight is 434 g/mol. The number of nitrogens with zero attached hydrogens (tertiary/aromatic N) is 4. The Hall–Kier alpha value is -3.68. The van der Waals surface area contributed by atoms with Gasteiger partial charge in [0.2, 0.25) is 0 Å². The SMILES string of the molecule is CC[C@H](CC(=O)O)n1c(=O)c2cnccc2n(Cc2cn(C)c3cc(C)cc(C)c23)c1=O. The number of aliphatic carboxylic acids is 1. The summed E-state index contributed by atoms with van der Waals surface area (Å²) in [7, 11) is 1.97. The van der Waals surface area contributed by atoms with E-state index in [0.29, 0.717) is 17.3 Å². The van der Waals surface area contributed by atoms with Crippen LogP contribution in [0.1, 0.15) is 42.5 Å². The molecule has 166 valence electrons. The molecule has 0 fully saturated rings. The van der Waals surface area contributed by atoms with E-state index in [1.165, 1.54) is 6.20 Å². The molecular formula is C24H26N4O4. The number of aromatic nitrogens is 4. The molecule has 0 aliphatic rings. The highest BCUT2D eigenvalue weighted by atomic mass is 16.4. The van der Waals surface area contributed by atoms with Gasteiger partial charge in [-0.05, 0) is 49.1 Å². The quantitative estimate of drug-likeness (QED) is 0.503. The van der Waals surface area contributed by atoms with Crippen molar-refractivity contribution >= 4 is 27.8 Å². The van der Waals surface area contributed by atoms with E-state index in [-0.39, 0.29) is 13.0 Å². The number of pyridine rings is 1. The van der Waals surface area contributed by atoms with Gasteiger partial charge in [-0.3, -0.25) is 23.7 Å². The number of benzene rings is 1. The predicted molar refractivity (Wildman–Crippen MR) is 123 cm³/mol. The van der Waals surface area contributed by atoms with Crippen molar-refractivity contribution in [1.82, 2.24) is 18.7 Å². The summed E-state index contributed by atoms with van der Waals surface area (Å²) in [5.41, 5.74) is 3.76. The van der Waals surface area contributed by atoms with Crippen molar-refractivity contribution < 1.29 is 9.90 Å². The van der Waals surface area contributed by atoms with Crippen molar-refractivity contribution in [1.29, 1.82) is 0 Å². The molecule has 8 nitrogen and oxygen atoms in total. The summed E-state index contributed by atoms with van der Waals surface area (Å²) in [6.07, 6.45) is 5.04. The lowest BCUT2D eigenvalue weighted by Gasteiger charge is -2.19. The Morgan fingerprint density at radius 2 is 1.94 bits per heavy atom. The van der Waals surface area contributed by atoms with Crippen LogP contribution in [-0.2, 0) is 18.4 Å². The highest BCUT2D eigenvalue weighted by Crippen LogP contribution is 2.27. The third-order valence-electron chi connectivity index (χ3n) is 6.06. The third kappa shape index (κ3) is 3.51. The Morgan fingerprint density at radius 3 is 2.62 bits per heavy atom. The first-order valence-corrected chi connectivity index (χ1v) is 10.6. The van der Waals surface area contributed by atoms with E-state index < -0.39 is 23.3 Å².